The monoisotopic (exact) mass is 265 g/mol. The van der Waals surface area contributed by atoms with E-state index >= 15 is 0 Å². The zero-order chi connectivity index (χ0) is 13.5. The molecule has 0 bridgehead atoms. The number of sulfonamides is 1. The molecule has 0 saturated carbocycles. The van der Waals surface area contributed by atoms with E-state index in [0.717, 1.165) is 19.3 Å². The van der Waals surface area contributed by atoms with Crippen molar-refractivity contribution in [2.45, 2.75) is 58.4 Å². The van der Waals surface area contributed by atoms with Crippen LogP contribution in [0.4, 0.5) is 0 Å². The van der Waals surface area contributed by atoms with E-state index in [2.05, 4.69) is 4.72 Å². The minimum absolute atomic E-state index is 0.113. The number of carboxylic acids is 1. The molecule has 0 heterocycles. The van der Waals surface area contributed by atoms with Gasteiger partial charge in [0.1, 0.15) is 0 Å². The highest BCUT2D eigenvalue weighted by atomic mass is 32.2. The molecule has 0 aromatic heterocycles. The molecule has 0 rings (SSSR count). The molecular weight excluding hydrogens is 242 g/mol. The molecule has 0 aliphatic heterocycles. The van der Waals surface area contributed by atoms with Crippen molar-refractivity contribution in [2.24, 2.45) is 0 Å². The van der Waals surface area contributed by atoms with Crippen LogP contribution in [0.1, 0.15) is 52.9 Å². The minimum atomic E-state index is -3.38. The van der Waals surface area contributed by atoms with Crippen LogP contribution in [0.2, 0.25) is 0 Å². The van der Waals surface area contributed by atoms with E-state index in [4.69, 9.17) is 5.11 Å². The van der Waals surface area contributed by atoms with Gasteiger partial charge in [-0.15, -0.1) is 0 Å². The molecule has 102 valence electrons. The number of hydrogen-bond acceptors (Lipinski definition) is 3. The van der Waals surface area contributed by atoms with Gasteiger partial charge < -0.3 is 5.11 Å². The lowest BCUT2D eigenvalue weighted by molar-refractivity contribution is -0.137. The van der Waals surface area contributed by atoms with Gasteiger partial charge in [-0.1, -0.05) is 20.8 Å². The van der Waals surface area contributed by atoms with Gasteiger partial charge in [0.2, 0.25) is 10.0 Å². The first-order valence-electron chi connectivity index (χ1n) is 6.04. The predicted molar refractivity (Wildman–Crippen MR) is 67.4 cm³/mol. The van der Waals surface area contributed by atoms with Gasteiger partial charge >= 0.3 is 5.97 Å². The Bertz CT molecular complexity index is 325. The molecule has 0 spiro atoms. The Morgan fingerprint density at radius 1 is 1.18 bits per heavy atom. The molecule has 17 heavy (non-hydrogen) atoms. The van der Waals surface area contributed by atoms with E-state index in [0.29, 0.717) is 0 Å². The zero-order valence-corrected chi connectivity index (χ0v) is 11.6. The third-order valence-corrected chi connectivity index (χ3v) is 4.78. The van der Waals surface area contributed by atoms with E-state index in [1.165, 1.54) is 0 Å². The summed E-state index contributed by atoms with van der Waals surface area (Å²) in [5, 5.41) is 8.47. The Morgan fingerprint density at radius 2 is 1.65 bits per heavy atom. The normalized spacial score (nSPS) is 12.6. The van der Waals surface area contributed by atoms with Gasteiger partial charge in [0.25, 0.3) is 0 Å². The molecule has 0 unspecified atom stereocenters. The van der Waals surface area contributed by atoms with Gasteiger partial charge in [0, 0.05) is 12.0 Å². The first kappa shape index (κ1) is 16.4. The summed E-state index contributed by atoms with van der Waals surface area (Å²) in [6.45, 7) is 5.85. The first-order valence-corrected chi connectivity index (χ1v) is 7.69. The Kier molecular flexibility index (Phi) is 6.70. The quantitative estimate of drug-likeness (QED) is 0.665. The highest BCUT2D eigenvalue weighted by molar-refractivity contribution is 7.89. The van der Waals surface area contributed by atoms with Crippen LogP contribution in [0, 0.1) is 0 Å². The van der Waals surface area contributed by atoms with E-state index in [1.54, 1.807) is 0 Å². The molecule has 0 amide bonds. The summed E-state index contributed by atoms with van der Waals surface area (Å²) >= 11 is 0. The molecule has 0 aromatic carbocycles. The Hall–Kier alpha value is -0.620. The SMILES string of the molecule is CCC(CC)(CC)NS(=O)(=O)CCCC(=O)O. The van der Waals surface area contributed by atoms with Crippen molar-refractivity contribution in [3.63, 3.8) is 0 Å². The molecule has 0 atom stereocenters. The van der Waals surface area contributed by atoms with Crippen molar-refractivity contribution >= 4 is 16.0 Å². The van der Waals surface area contributed by atoms with E-state index in [-0.39, 0.29) is 24.1 Å². The van der Waals surface area contributed by atoms with E-state index in [1.807, 2.05) is 20.8 Å². The standard InChI is InChI=1S/C11H23NO4S/c1-4-11(5-2,6-3)12-17(15,16)9-7-8-10(13)14/h12H,4-9H2,1-3H3,(H,13,14). The second-order valence-electron chi connectivity index (χ2n) is 4.26. The highest BCUT2D eigenvalue weighted by Crippen LogP contribution is 2.20. The summed E-state index contributed by atoms with van der Waals surface area (Å²) in [6, 6.07) is 0. The number of carbonyl (C=O) groups is 1. The summed E-state index contributed by atoms with van der Waals surface area (Å²) in [6.07, 6.45) is 2.24. The second kappa shape index (κ2) is 6.96. The molecule has 0 saturated heterocycles. The molecule has 5 nitrogen and oxygen atoms in total. The fourth-order valence-electron chi connectivity index (χ4n) is 1.76. The predicted octanol–water partition coefficient (Wildman–Crippen LogP) is 1.74. The number of nitrogens with one attached hydrogen (secondary N) is 1. The van der Waals surface area contributed by atoms with Crippen molar-refractivity contribution in [3.8, 4) is 0 Å². The second-order valence-corrected chi connectivity index (χ2v) is 6.10. The smallest absolute Gasteiger partial charge is 0.303 e. The van der Waals surface area contributed by atoms with Crippen LogP contribution in [0.25, 0.3) is 0 Å². The van der Waals surface area contributed by atoms with Gasteiger partial charge in [0.15, 0.2) is 0 Å². The Morgan fingerprint density at radius 3 is 2.00 bits per heavy atom. The maximum atomic E-state index is 11.8. The number of hydrogen-bond donors (Lipinski definition) is 2. The third-order valence-electron chi connectivity index (χ3n) is 3.21. The Labute approximate surface area is 104 Å². The fourth-order valence-corrected chi connectivity index (χ4v) is 3.48. The molecule has 0 aromatic rings. The van der Waals surface area contributed by atoms with Gasteiger partial charge in [-0.05, 0) is 25.7 Å². The van der Waals surface area contributed by atoms with Crippen LogP contribution < -0.4 is 4.72 Å². The maximum absolute atomic E-state index is 11.8. The molecule has 0 aliphatic carbocycles. The van der Waals surface area contributed by atoms with Gasteiger partial charge in [-0.2, -0.15) is 0 Å². The molecule has 0 aliphatic rings. The van der Waals surface area contributed by atoms with Crippen LogP contribution in [-0.2, 0) is 14.8 Å². The average Bonchev–Trinajstić information content (AvgIpc) is 2.25. The lowest BCUT2D eigenvalue weighted by Gasteiger charge is -2.31. The van der Waals surface area contributed by atoms with Crippen LogP contribution >= 0.6 is 0 Å². The van der Waals surface area contributed by atoms with E-state index in [9.17, 15) is 13.2 Å². The highest BCUT2D eigenvalue weighted by Gasteiger charge is 2.29. The average molecular weight is 265 g/mol. The molecule has 6 heteroatoms. The van der Waals surface area contributed by atoms with E-state index < -0.39 is 16.0 Å². The van der Waals surface area contributed by atoms with Crippen LogP contribution in [-0.4, -0.2) is 30.8 Å². The lowest BCUT2D eigenvalue weighted by atomic mass is 9.91. The summed E-state index contributed by atoms with van der Waals surface area (Å²) in [4.78, 5) is 10.3. The zero-order valence-electron chi connectivity index (χ0n) is 10.8. The van der Waals surface area contributed by atoms with Crippen molar-refractivity contribution in [1.82, 2.24) is 4.72 Å². The summed E-state index contributed by atoms with van der Waals surface area (Å²) in [5.74, 6) is -1.09. The minimum Gasteiger partial charge on any atom is -0.481 e. The van der Waals surface area contributed by atoms with Crippen LogP contribution in [0.3, 0.4) is 0 Å². The van der Waals surface area contributed by atoms with Crippen LogP contribution in [0.5, 0.6) is 0 Å². The summed E-state index contributed by atoms with van der Waals surface area (Å²) < 4.78 is 26.3. The summed E-state index contributed by atoms with van der Waals surface area (Å²) in [7, 11) is -3.38. The first-order chi connectivity index (χ1) is 7.81. The van der Waals surface area contributed by atoms with Crippen molar-refractivity contribution < 1.29 is 18.3 Å². The topological polar surface area (TPSA) is 83.5 Å². The molecular formula is C11H23NO4S. The molecule has 0 fully saturated rings. The van der Waals surface area contributed by atoms with Crippen LogP contribution in [0.15, 0.2) is 0 Å². The lowest BCUT2D eigenvalue weighted by Crippen LogP contribution is -2.47. The van der Waals surface area contributed by atoms with Gasteiger partial charge in [-0.25, -0.2) is 13.1 Å². The van der Waals surface area contributed by atoms with Gasteiger partial charge in [0.05, 0.1) is 5.75 Å². The molecule has 0 radical (unpaired) electrons. The van der Waals surface area contributed by atoms with Gasteiger partial charge in [-0.3, -0.25) is 4.79 Å². The number of aliphatic carboxylic acids is 1. The number of rotatable bonds is 9. The third kappa shape index (κ3) is 6.02. The van der Waals surface area contributed by atoms with Crippen molar-refractivity contribution in [1.29, 1.82) is 0 Å². The van der Waals surface area contributed by atoms with Crippen molar-refractivity contribution in [3.05, 3.63) is 0 Å². The van der Waals surface area contributed by atoms with Crippen molar-refractivity contribution in [2.75, 3.05) is 5.75 Å². The fraction of sp³-hybridized carbons (Fsp3) is 0.909. The largest absolute Gasteiger partial charge is 0.481 e. The number of carboxylic acid groups (broad SMARTS) is 1. The maximum Gasteiger partial charge on any atom is 0.303 e. The molecule has 2 N–H and O–H groups in total. The Balaban J connectivity index is 4.46. The summed E-state index contributed by atoms with van der Waals surface area (Å²) in [5.41, 5.74) is -0.387.